The van der Waals surface area contributed by atoms with Crippen LogP contribution in [0.4, 0.5) is 0 Å². The first-order chi connectivity index (χ1) is 10.2. The van der Waals surface area contributed by atoms with Crippen LogP contribution < -0.4 is 14.8 Å². The molecule has 2 rings (SSSR count). The average Bonchev–Trinajstić information content (AvgIpc) is 2.89. The lowest BCUT2D eigenvalue weighted by atomic mass is 10.0. The third kappa shape index (κ3) is 3.33. The molecule has 21 heavy (non-hydrogen) atoms. The predicted molar refractivity (Wildman–Crippen MR) is 80.7 cm³/mol. The van der Waals surface area contributed by atoms with Gasteiger partial charge in [0, 0.05) is 7.05 Å². The van der Waals surface area contributed by atoms with Crippen molar-refractivity contribution in [2.75, 3.05) is 20.3 Å². The molecule has 0 aliphatic heterocycles. The Morgan fingerprint density at radius 1 is 1.19 bits per heavy atom. The van der Waals surface area contributed by atoms with E-state index in [0.29, 0.717) is 13.2 Å². The molecule has 0 spiro atoms. The van der Waals surface area contributed by atoms with Gasteiger partial charge in [-0.2, -0.15) is 0 Å². The van der Waals surface area contributed by atoms with Crippen LogP contribution in [0.5, 0.6) is 11.5 Å². The fourth-order valence-electron chi connectivity index (χ4n) is 2.29. The van der Waals surface area contributed by atoms with E-state index in [4.69, 9.17) is 9.47 Å². The number of hydrogen-bond acceptors (Lipinski definition) is 5. The van der Waals surface area contributed by atoms with Crippen LogP contribution in [0.25, 0.3) is 0 Å². The van der Waals surface area contributed by atoms with Crippen molar-refractivity contribution in [2.24, 2.45) is 7.05 Å². The van der Waals surface area contributed by atoms with Crippen LogP contribution in [-0.4, -0.2) is 35.3 Å². The van der Waals surface area contributed by atoms with E-state index in [1.54, 1.807) is 10.9 Å². The third-order valence-corrected chi connectivity index (χ3v) is 3.23. The van der Waals surface area contributed by atoms with E-state index in [-0.39, 0.29) is 6.04 Å². The van der Waals surface area contributed by atoms with E-state index in [9.17, 15) is 0 Å². The SMILES string of the molecule is CCOc1ccc(C(NC)c2cnnn2C)cc1OCC. The highest BCUT2D eigenvalue weighted by atomic mass is 16.5. The summed E-state index contributed by atoms with van der Waals surface area (Å²) in [6.45, 7) is 5.13. The van der Waals surface area contributed by atoms with E-state index in [2.05, 4.69) is 15.6 Å². The molecule has 2 aromatic rings. The molecule has 0 fully saturated rings. The van der Waals surface area contributed by atoms with Crippen molar-refractivity contribution in [2.45, 2.75) is 19.9 Å². The molecule has 0 bridgehead atoms. The number of aryl methyl sites for hydroxylation is 1. The van der Waals surface area contributed by atoms with Crippen molar-refractivity contribution >= 4 is 0 Å². The topological polar surface area (TPSA) is 61.2 Å². The second kappa shape index (κ2) is 7.08. The molecule has 1 atom stereocenters. The fraction of sp³-hybridized carbons (Fsp3) is 0.467. The quantitative estimate of drug-likeness (QED) is 0.844. The first-order valence-corrected chi connectivity index (χ1v) is 7.12. The maximum absolute atomic E-state index is 5.68. The highest BCUT2D eigenvalue weighted by Gasteiger charge is 2.18. The van der Waals surface area contributed by atoms with Gasteiger partial charge in [-0.05, 0) is 38.6 Å². The Bertz CT molecular complexity index is 583. The molecule has 1 N–H and O–H groups in total. The first kappa shape index (κ1) is 15.3. The third-order valence-electron chi connectivity index (χ3n) is 3.23. The van der Waals surface area contributed by atoms with Crippen molar-refractivity contribution in [1.82, 2.24) is 20.3 Å². The Morgan fingerprint density at radius 3 is 2.48 bits per heavy atom. The Labute approximate surface area is 125 Å². The minimum atomic E-state index is -0.000109. The minimum Gasteiger partial charge on any atom is -0.490 e. The van der Waals surface area contributed by atoms with Crippen LogP contribution >= 0.6 is 0 Å². The van der Waals surface area contributed by atoms with E-state index in [1.165, 1.54) is 0 Å². The second-order valence-corrected chi connectivity index (χ2v) is 4.58. The largest absolute Gasteiger partial charge is 0.490 e. The van der Waals surface area contributed by atoms with Crippen molar-refractivity contribution in [1.29, 1.82) is 0 Å². The molecule has 114 valence electrons. The zero-order valence-electron chi connectivity index (χ0n) is 13.0. The molecule has 1 heterocycles. The average molecular weight is 290 g/mol. The summed E-state index contributed by atoms with van der Waals surface area (Å²) < 4.78 is 13.0. The number of nitrogens with zero attached hydrogens (tertiary/aromatic N) is 3. The van der Waals surface area contributed by atoms with E-state index < -0.39 is 0 Å². The summed E-state index contributed by atoms with van der Waals surface area (Å²) in [5, 5.41) is 11.2. The van der Waals surface area contributed by atoms with Crippen LogP contribution in [-0.2, 0) is 7.05 Å². The first-order valence-electron chi connectivity index (χ1n) is 7.12. The van der Waals surface area contributed by atoms with Gasteiger partial charge in [0.25, 0.3) is 0 Å². The summed E-state index contributed by atoms with van der Waals surface area (Å²) in [7, 11) is 3.79. The van der Waals surface area contributed by atoms with Crippen LogP contribution in [0.2, 0.25) is 0 Å². The van der Waals surface area contributed by atoms with Gasteiger partial charge in [-0.25, -0.2) is 0 Å². The highest BCUT2D eigenvalue weighted by molar-refractivity contribution is 5.45. The molecule has 6 nitrogen and oxygen atoms in total. The van der Waals surface area contributed by atoms with Crippen molar-refractivity contribution in [3.8, 4) is 11.5 Å². The van der Waals surface area contributed by atoms with Gasteiger partial charge in [0.2, 0.25) is 0 Å². The van der Waals surface area contributed by atoms with Gasteiger partial charge in [0.1, 0.15) is 0 Å². The lowest BCUT2D eigenvalue weighted by molar-refractivity contribution is 0.287. The number of ether oxygens (including phenoxy) is 2. The standard InChI is InChI=1S/C15H22N4O2/c1-5-20-13-8-7-11(9-14(13)21-6-2)15(16-3)12-10-17-18-19(12)4/h7-10,15-16H,5-6H2,1-4H3. The van der Waals surface area contributed by atoms with Crippen molar-refractivity contribution in [3.63, 3.8) is 0 Å². The molecule has 1 aromatic heterocycles. The van der Waals surface area contributed by atoms with Gasteiger partial charge in [-0.3, -0.25) is 4.68 Å². The number of hydrogen-bond donors (Lipinski definition) is 1. The Balaban J connectivity index is 2.38. The van der Waals surface area contributed by atoms with Gasteiger partial charge in [0.05, 0.1) is 31.1 Å². The molecular formula is C15H22N4O2. The van der Waals surface area contributed by atoms with Crippen molar-refractivity contribution < 1.29 is 9.47 Å². The van der Waals surface area contributed by atoms with Crippen LogP contribution in [0, 0.1) is 0 Å². The Hall–Kier alpha value is -2.08. The molecule has 1 unspecified atom stereocenters. The smallest absolute Gasteiger partial charge is 0.161 e. The zero-order valence-corrected chi connectivity index (χ0v) is 13.0. The molecule has 0 radical (unpaired) electrons. The molecule has 0 aliphatic carbocycles. The Kier molecular flexibility index (Phi) is 5.16. The molecule has 0 aliphatic rings. The number of aromatic nitrogens is 3. The summed E-state index contributed by atoms with van der Waals surface area (Å²) in [4.78, 5) is 0. The molecule has 0 amide bonds. The van der Waals surface area contributed by atoms with Gasteiger partial charge in [-0.1, -0.05) is 11.3 Å². The summed E-state index contributed by atoms with van der Waals surface area (Å²) in [6.07, 6.45) is 1.76. The van der Waals surface area contributed by atoms with Crippen LogP contribution in [0.1, 0.15) is 31.1 Å². The summed E-state index contributed by atoms with van der Waals surface area (Å²) in [5.74, 6) is 1.52. The van der Waals surface area contributed by atoms with Gasteiger partial charge < -0.3 is 14.8 Å². The Morgan fingerprint density at radius 2 is 1.90 bits per heavy atom. The number of rotatable bonds is 7. The van der Waals surface area contributed by atoms with Gasteiger partial charge in [-0.15, -0.1) is 5.10 Å². The van der Waals surface area contributed by atoms with Gasteiger partial charge in [0.15, 0.2) is 11.5 Å². The fourth-order valence-corrected chi connectivity index (χ4v) is 2.29. The molecule has 6 heteroatoms. The van der Waals surface area contributed by atoms with E-state index in [1.807, 2.05) is 46.1 Å². The van der Waals surface area contributed by atoms with E-state index in [0.717, 1.165) is 22.8 Å². The molecule has 0 saturated heterocycles. The zero-order chi connectivity index (χ0) is 15.2. The van der Waals surface area contributed by atoms with Crippen molar-refractivity contribution in [3.05, 3.63) is 35.7 Å². The maximum atomic E-state index is 5.68. The van der Waals surface area contributed by atoms with E-state index >= 15 is 0 Å². The number of benzene rings is 1. The van der Waals surface area contributed by atoms with Crippen LogP contribution in [0.15, 0.2) is 24.4 Å². The highest BCUT2D eigenvalue weighted by Crippen LogP contribution is 2.32. The summed E-state index contributed by atoms with van der Waals surface area (Å²) in [5.41, 5.74) is 2.07. The monoisotopic (exact) mass is 290 g/mol. The molecule has 1 aromatic carbocycles. The minimum absolute atomic E-state index is 0.000109. The molecule has 0 saturated carbocycles. The normalized spacial score (nSPS) is 12.2. The summed E-state index contributed by atoms with van der Waals surface area (Å²) in [6, 6.07) is 5.97. The maximum Gasteiger partial charge on any atom is 0.161 e. The lowest BCUT2D eigenvalue weighted by Crippen LogP contribution is -2.20. The molecular weight excluding hydrogens is 268 g/mol. The van der Waals surface area contributed by atoms with Gasteiger partial charge >= 0.3 is 0 Å². The lowest BCUT2D eigenvalue weighted by Gasteiger charge is -2.19. The van der Waals surface area contributed by atoms with Crippen LogP contribution in [0.3, 0.4) is 0 Å². The predicted octanol–water partition coefficient (Wildman–Crippen LogP) is 1.92. The summed E-state index contributed by atoms with van der Waals surface area (Å²) >= 11 is 0. The second-order valence-electron chi connectivity index (χ2n) is 4.58. The number of nitrogens with one attached hydrogen (secondary N) is 1.